The Balaban J connectivity index is 1.76. The first-order valence-corrected chi connectivity index (χ1v) is 9.74. The Morgan fingerprint density at radius 1 is 1.26 bits per heavy atom. The summed E-state index contributed by atoms with van der Waals surface area (Å²) in [6.45, 7) is 12.8. The van der Waals surface area contributed by atoms with Crippen molar-refractivity contribution >= 4 is 5.96 Å². The van der Waals surface area contributed by atoms with Crippen LogP contribution >= 0.6 is 0 Å². The second-order valence-electron chi connectivity index (χ2n) is 8.16. The van der Waals surface area contributed by atoms with Gasteiger partial charge in [0.05, 0.1) is 0 Å². The molecule has 1 heterocycles. The molecule has 1 atom stereocenters. The number of likely N-dealkylation sites (tertiary alicyclic amines) is 1. The lowest BCUT2D eigenvalue weighted by Crippen LogP contribution is -2.45. The predicted octanol–water partition coefficient (Wildman–Crippen LogP) is 3.10. The van der Waals surface area contributed by atoms with E-state index in [4.69, 9.17) is 0 Å². The van der Waals surface area contributed by atoms with Crippen molar-refractivity contribution in [2.75, 3.05) is 39.8 Å². The zero-order chi connectivity index (χ0) is 16.7. The zero-order valence-electron chi connectivity index (χ0n) is 15.8. The van der Waals surface area contributed by atoms with Crippen LogP contribution in [-0.2, 0) is 0 Å². The van der Waals surface area contributed by atoms with E-state index in [0.29, 0.717) is 5.41 Å². The van der Waals surface area contributed by atoms with Crippen molar-refractivity contribution in [3.05, 3.63) is 0 Å². The van der Waals surface area contributed by atoms with E-state index in [1.807, 2.05) is 7.05 Å². The standard InChI is InChI=1S/C19H38N4/c1-5-23-11-8-17(14-23)13-21-18(20-4)22-15-19(12-16(2)3)9-6-7-10-19/h16-17H,5-15H2,1-4H3,(H2,20,21,22). The van der Waals surface area contributed by atoms with Gasteiger partial charge in [0, 0.05) is 26.7 Å². The highest BCUT2D eigenvalue weighted by Crippen LogP contribution is 2.42. The number of hydrogen-bond acceptors (Lipinski definition) is 2. The first kappa shape index (κ1) is 18.6. The minimum Gasteiger partial charge on any atom is -0.356 e. The van der Waals surface area contributed by atoms with E-state index in [9.17, 15) is 0 Å². The van der Waals surface area contributed by atoms with Crippen LogP contribution < -0.4 is 10.6 Å². The molecule has 4 heteroatoms. The van der Waals surface area contributed by atoms with E-state index >= 15 is 0 Å². The maximum absolute atomic E-state index is 4.44. The molecule has 0 amide bonds. The second kappa shape index (κ2) is 8.91. The molecule has 0 spiro atoms. The topological polar surface area (TPSA) is 39.7 Å². The molecule has 2 N–H and O–H groups in total. The molecule has 0 aromatic heterocycles. The number of guanidine groups is 1. The molecule has 23 heavy (non-hydrogen) atoms. The molecule has 4 nitrogen and oxygen atoms in total. The van der Waals surface area contributed by atoms with E-state index in [-0.39, 0.29) is 0 Å². The molecule has 1 unspecified atom stereocenters. The van der Waals surface area contributed by atoms with Crippen molar-refractivity contribution in [2.45, 2.75) is 59.3 Å². The van der Waals surface area contributed by atoms with Crippen molar-refractivity contribution in [3.63, 3.8) is 0 Å². The lowest BCUT2D eigenvalue weighted by Gasteiger charge is -2.32. The fraction of sp³-hybridized carbons (Fsp3) is 0.947. The summed E-state index contributed by atoms with van der Waals surface area (Å²) < 4.78 is 0. The first-order valence-electron chi connectivity index (χ1n) is 9.74. The van der Waals surface area contributed by atoms with Gasteiger partial charge < -0.3 is 15.5 Å². The van der Waals surface area contributed by atoms with Crippen LogP contribution in [0.15, 0.2) is 4.99 Å². The lowest BCUT2D eigenvalue weighted by molar-refractivity contribution is 0.234. The molecule has 2 fully saturated rings. The maximum atomic E-state index is 4.44. The number of aliphatic imine (C=N–C) groups is 1. The number of rotatable bonds is 7. The summed E-state index contributed by atoms with van der Waals surface area (Å²) >= 11 is 0. The minimum absolute atomic E-state index is 0.498. The molecule has 0 aromatic carbocycles. The van der Waals surface area contributed by atoms with Crippen LogP contribution in [0.1, 0.15) is 59.3 Å². The van der Waals surface area contributed by atoms with E-state index in [1.54, 1.807) is 0 Å². The van der Waals surface area contributed by atoms with Crippen LogP contribution in [0, 0.1) is 17.3 Å². The Kier molecular flexibility index (Phi) is 7.19. The summed E-state index contributed by atoms with van der Waals surface area (Å²) in [5.41, 5.74) is 0.498. The van der Waals surface area contributed by atoms with Gasteiger partial charge in [-0.2, -0.15) is 0 Å². The van der Waals surface area contributed by atoms with E-state index in [0.717, 1.165) is 30.9 Å². The van der Waals surface area contributed by atoms with Gasteiger partial charge in [-0.3, -0.25) is 4.99 Å². The third kappa shape index (κ3) is 5.66. The van der Waals surface area contributed by atoms with Crippen LogP contribution in [-0.4, -0.2) is 50.6 Å². The third-order valence-corrected chi connectivity index (χ3v) is 5.74. The predicted molar refractivity (Wildman–Crippen MR) is 99.9 cm³/mol. The number of nitrogens with zero attached hydrogens (tertiary/aromatic N) is 2. The van der Waals surface area contributed by atoms with Crippen molar-refractivity contribution in [3.8, 4) is 0 Å². The lowest BCUT2D eigenvalue weighted by atomic mass is 9.78. The van der Waals surface area contributed by atoms with Crippen LogP contribution in [0.3, 0.4) is 0 Å². The summed E-state index contributed by atoms with van der Waals surface area (Å²) in [6.07, 6.45) is 8.21. The molecule has 1 aliphatic heterocycles. The summed E-state index contributed by atoms with van der Waals surface area (Å²) in [6, 6.07) is 0. The number of hydrogen-bond donors (Lipinski definition) is 2. The van der Waals surface area contributed by atoms with Gasteiger partial charge in [0.2, 0.25) is 0 Å². The van der Waals surface area contributed by atoms with Crippen molar-refractivity contribution in [1.82, 2.24) is 15.5 Å². The van der Waals surface area contributed by atoms with Crippen LogP contribution in [0.2, 0.25) is 0 Å². The molecule has 134 valence electrons. The molecule has 1 saturated carbocycles. The maximum Gasteiger partial charge on any atom is 0.191 e. The van der Waals surface area contributed by atoms with Crippen molar-refractivity contribution in [2.24, 2.45) is 22.2 Å². The second-order valence-corrected chi connectivity index (χ2v) is 8.16. The minimum atomic E-state index is 0.498. The summed E-state index contributed by atoms with van der Waals surface area (Å²) in [4.78, 5) is 6.98. The Hall–Kier alpha value is -0.770. The third-order valence-electron chi connectivity index (χ3n) is 5.74. The van der Waals surface area contributed by atoms with E-state index in [2.05, 4.69) is 41.3 Å². The Bertz CT molecular complexity index is 372. The van der Waals surface area contributed by atoms with E-state index < -0.39 is 0 Å². The molecule has 0 aromatic rings. The molecular formula is C19H38N4. The van der Waals surface area contributed by atoms with Gasteiger partial charge in [0.15, 0.2) is 5.96 Å². The van der Waals surface area contributed by atoms with Gasteiger partial charge in [0.1, 0.15) is 0 Å². The Labute approximate surface area is 143 Å². The Morgan fingerprint density at radius 2 is 2.00 bits per heavy atom. The highest BCUT2D eigenvalue weighted by atomic mass is 15.2. The van der Waals surface area contributed by atoms with Crippen molar-refractivity contribution in [1.29, 1.82) is 0 Å². The van der Waals surface area contributed by atoms with Crippen LogP contribution in [0.4, 0.5) is 0 Å². The SMILES string of the molecule is CCN1CCC(CNC(=NC)NCC2(CC(C)C)CCCC2)C1. The van der Waals surface area contributed by atoms with Gasteiger partial charge >= 0.3 is 0 Å². The quantitative estimate of drug-likeness (QED) is 0.559. The molecule has 0 radical (unpaired) electrons. The van der Waals surface area contributed by atoms with Crippen LogP contribution in [0.25, 0.3) is 0 Å². The fourth-order valence-electron chi connectivity index (χ4n) is 4.54. The first-order chi connectivity index (χ1) is 11.1. The molecule has 1 aliphatic carbocycles. The van der Waals surface area contributed by atoms with Gasteiger partial charge in [-0.15, -0.1) is 0 Å². The normalized spacial score (nSPS) is 25.3. The fourth-order valence-corrected chi connectivity index (χ4v) is 4.54. The molecule has 2 rings (SSSR count). The van der Waals surface area contributed by atoms with E-state index in [1.165, 1.54) is 58.2 Å². The number of nitrogens with one attached hydrogen (secondary N) is 2. The van der Waals surface area contributed by atoms with Gasteiger partial charge in [-0.25, -0.2) is 0 Å². The molecule has 2 aliphatic rings. The summed E-state index contributed by atoms with van der Waals surface area (Å²) in [7, 11) is 1.89. The molecular weight excluding hydrogens is 284 g/mol. The van der Waals surface area contributed by atoms with Gasteiger partial charge in [-0.1, -0.05) is 33.6 Å². The highest BCUT2D eigenvalue weighted by Gasteiger charge is 2.34. The van der Waals surface area contributed by atoms with Crippen molar-refractivity contribution < 1.29 is 0 Å². The van der Waals surface area contributed by atoms with Gasteiger partial charge in [-0.05, 0) is 56.0 Å². The largest absolute Gasteiger partial charge is 0.356 e. The average Bonchev–Trinajstić information content (AvgIpc) is 3.16. The molecule has 0 bridgehead atoms. The monoisotopic (exact) mass is 322 g/mol. The highest BCUT2D eigenvalue weighted by molar-refractivity contribution is 5.79. The molecule has 1 saturated heterocycles. The van der Waals surface area contributed by atoms with Crippen LogP contribution in [0.5, 0.6) is 0 Å². The summed E-state index contributed by atoms with van der Waals surface area (Å²) in [5.74, 6) is 2.54. The smallest absolute Gasteiger partial charge is 0.191 e. The Morgan fingerprint density at radius 3 is 2.57 bits per heavy atom. The average molecular weight is 323 g/mol. The summed E-state index contributed by atoms with van der Waals surface area (Å²) in [5, 5.41) is 7.19. The van der Waals surface area contributed by atoms with Gasteiger partial charge in [0.25, 0.3) is 0 Å². The zero-order valence-corrected chi connectivity index (χ0v) is 15.8.